The summed E-state index contributed by atoms with van der Waals surface area (Å²) in [6, 6.07) is 4.48. The zero-order valence-electron chi connectivity index (χ0n) is 31.8. The third-order valence-electron chi connectivity index (χ3n) is 12.5. The molecular formula is C40H41ClN4O11S. The molecule has 3 aromatic carbocycles. The van der Waals surface area contributed by atoms with Crippen LogP contribution in [-0.2, 0) is 32.6 Å². The monoisotopic (exact) mass is 820 g/mol. The van der Waals surface area contributed by atoms with Crippen molar-refractivity contribution in [2.45, 2.75) is 67.7 Å². The number of halogens is 1. The molecule has 1 spiro atoms. The van der Waals surface area contributed by atoms with Crippen LogP contribution in [0.25, 0.3) is 0 Å². The van der Waals surface area contributed by atoms with E-state index >= 15 is 0 Å². The fourth-order valence-corrected chi connectivity index (χ4v) is 12.0. The van der Waals surface area contributed by atoms with Gasteiger partial charge in [0.25, 0.3) is 0 Å². The van der Waals surface area contributed by atoms with E-state index < -0.39 is 53.1 Å². The highest BCUT2D eigenvalue weighted by Crippen LogP contribution is 2.64. The first-order valence-electron chi connectivity index (χ1n) is 18.6. The Morgan fingerprint density at radius 2 is 1.88 bits per heavy atom. The molecule has 17 heteroatoms. The Kier molecular flexibility index (Phi) is 9.24. The average molecular weight is 821 g/mol. The zero-order valence-corrected chi connectivity index (χ0v) is 33.4. The number of aromatic hydroxyl groups is 2. The number of benzene rings is 3. The van der Waals surface area contributed by atoms with Crippen LogP contribution in [0.15, 0.2) is 18.2 Å². The van der Waals surface area contributed by atoms with E-state index in [0.717, 1.165) is 16.7 Å². The van der Waals surface area contributed by atoms with Gasteiger partial charge in [-0.25, -0.2) is 9.59 Å². The van der Waals surface area contributed by atoms with Gasteiger partial charge in [-0.2, -0.15) is 5.26 Å². The number of alkyl halides is 1. The lowest BCUT2D eigenvalue weighted by Crippen LogP contribution is -2.69. The fourth-order valence-electron chi connectivity index (χ4n) is 10.2. The number of phenols is 2. The maximum absolute atomic E-state index is 14.8. The number of nitriles is 1. The number of esters is 1. The molecular weight excluding hydrogens is 780 g/mol. The molecule has 2 saturated heterocycles. The maximum atomic E-state index is 14.8. The summed E-state index contributed by atoms with van der Waals surface area (Å²) in [6.45, 7) is 3.72. The van der Waals surface area contributed by atoms with Crippen molar-refractivity contribution >= 4 is 35.5 Å². The molecule has 7 heterocycles. The van der Waals surface area contributed by atoms with Gasteiger partial charge in [0.1, 0.15) is 18.4 Å². The number of rotatable bonds is 4. The van der Waals surface area contributed by atoms with E-state index in [1.165, 1.54) is 26.0 Å². The number of nitrogens with one attached hydrogen (secondary N) is 1. The lowest BCUT2D eigenvalue weighted by atomic mass is 9.71. The standard InChI is InChI=1S/C40H41ClN4O11S/c1-17-8-20-9-22-23(12-42)45-24-13-52-38(48)40(21-11-26(50-4)25(46)10-19(21)6-7-43-40)14-57-37(31(45)30(44(22)3)27(20)32(47)33(17)51-5)29-28(24)36-35(54-16-55-36)18(2)34(29)56-39(49)53-15-41/h8,10-11,22-24,30-31,37,43,46-47H,6-7,9,13-16H2,1-5H3/t22-,23-,24-,30+,31?,37+,40+/m0/s1. The predicted octanol–water partition coefficient (Wildman–Crippen LogP) is 4.77. The van der Waals surface area contributed by atoms with Crippen LogP contribution in [0, 0.1) is 25.2 Å². The second-order valence-corrected chi connectivity index (χ2v) is 16.5. The van der Waals surface area contributed by atoms with Crippen molar-refractivity contribution in [1.29, 1.82) is 5.26 Å². The topological polar surface area (TPSA) is 182 Å². The van der Waals surface area contributed by atoms with Gasteiger partial charge in [0.05, 0.1) is 37.6 Å². The lowest BCUT2D eigenvalue weighted by Gasteiger charge is -2.62. The van der Waals surface area contributed by atoms with Crippen molar-refractivity contribution < 1.29 is 53.0 Å². The number of aryl methyl sites for hydroxylation is 1. The van der Waals surface area contributed by atoms with Crippen LogP contribution in [0.2, 0.25) is 0 Å². The van der Waals surface area contributed by atoms with Gasteiger partial charge < -0.3 is 43.4 Å². The first-order chi connectivity index (χ1) is 27.5. The number of thioether (sulfide) groups is 1. The lowest BCUT2D eigenvalue weighted by molar-refractivity contribution is -0.157. The molecule has 10 rings (SSSR count). The van der Waals surface area contributed by atoms with Gasteiger partial charge in [-0.3, -0.25) is 15.1 Å². The Hall–Kier alpha value is -4.79. The molecule has 0 aliphatic carbocycles. The second kappa shape index (κ2) is 13.9. The predicted molar refractivity (Wildman–Crippen MR) is 204 cm³/mol. The van der Waals surface area contributed by atoms with E-state index in [1.54, 1.807) is 19.1 Å². The van der Waals surface area contributed by atoms with Gasteiger partial charge in [0, 0.05) is 46.6 Å². The summed E-state index contributed by atoms with van der Waals surface area (Å²) >= 11 is 7.25. The van der Waals surface area contributed by atoms with Crippen molar-refractivity contribution in [3.05, 3.63) is 62.7 Å². The van der Waals surface area contributed by atoms with Gasteiger partial charge in [-0.05, 0) is 68.1 Å². The van der Waals surface area contributed by atoms with E-state index in [-0.39, 0.29) is 48.2 Å². The molecule has 1 unspecified atom stereocenters. The van der Waals surface area contributed by atoms with Crippen LogP contribution in [0.5, 0.6) is 40.2 Å². The van der Waals surface area contributed by atoms with Gasteiger partial charge in [0.2, 0.25) is 6.79 Å². The van der Waals surface area contributed by atoms with Crippen LogP contribution < -0.4 is 29.0 Å². The average Bonchev–Trinajstić information content (AvgIpc) is 3.68. The number of piperazine rings is 1. The molecule has 0 amide bonds. The summed E-state index contributed by atoms with van der Waals surface area (Å²) in [5.74, 6) is 1.03. The molecule has 7 atom stereocenters. The van der Waals surface area contributed by atoms with Gasteiger partial charge in [-0.15, -0.1) is 11.8 Å². The molecule has 0 saturated carbocycles. The molecule has 7 aliphatic rings. The number of likely N-dealkylation sites (N-methyl/N-ethyl adjacent to an activating group) is 1. The number of methoxy groups -OCH3 is 2. The van der Waals surface area contributed by atoms with Gasteiger partial charge in [-0.1, -0.05) is 17.7 Å². The van der Waals surface area contributed by atoms with Gasteiger partial charge in [0.15, 0.2) is 46.1 Å². The molecule has 2 fully saturated rings. The minimum Gasteiger partial charge on any atom is -0.504 e. The highest BCUT2D eigenvalue weighted by molar-refractivity contribution is 7.99. The number of carbonyl (C=O) groups excluding carboxylic acids is 2. The summed E-state index contributed by atoms with van der Waals surface area (Å²) in [7, 11) is 4.93. The number of nitrogens with zero attached hydrogens (tertiary/aromatic N) is 3. The number of ether oxygens (including phenoxy) is 7. The van der Waals surface area contributed by atoms with Crippen LogP contribution >= 0.6 is 23.4 Å². The van der Waals surface area contributed by atoms with Crippen molar-refractivity contribution in [3.8, 4) is 46.3 Å². The number of fused-ring (bicyclic) bond motifs is 9. The molecule has 3 aromatic rings. The van der Waals surface area contributed by atoms with E-state index in [1.807, 2.05) is 20.0 Å². The smallest absolute Gasteiger partial charge is 0.504 e. The Bertz CT molecular complexity index is 2270. The third kappa shape index (κ3) is 5.35. The number of hydrogen-bond acceptors (Lipinski definition) is 16. The Morgan fingerprint density at radius 1 is 1.09 bits per heavy atom. The first kappa shape index (κ1) is 37.8. The van der Waals surface area contributed by atoms with Crippen molar-refractivity contribution in [2.24, 2.45) is 0 Å². The van der Waals surface area contributed by atoms with Crippen molar-refractivity contribution in [3.63, 3.8) is 0 Å². The largest absolute Gasteiger partial charge is 0.515 e. The highest BCUT2D eigenvalue weighted by Gasteiger charge is 2.62. The molecule has 7 aliphatic heterocycles. The summed E-state index contributed by atoms with van der Waals surface area (Å²) in [6.07, 6.45) is -0.0307. The fraction of sp³-hybridized carbons (Fsp3) is 0.475. The second-order valence-electron chi connectivity index (χ2n) is 15.1. The Labute approximate surface area is 337 Å². The summed E-state index contributed by atoms with van der Waals surface area (Å²) in [4.78, 5) is 32.3. The molecule has 15 nitrogen and oxygen atoms in total. The third-order valence-corrected chi connectivity index (χ3v) is 14.1. The normalized spacial score (nSPS) is 28.3. The van der Waals surface area contributed by atoms with E-state index in [2.05, 4.69) is 21.2 Å². The van der Waals surface area contributed by atoms with E-state index in [9.17, 15) is 25.1 Å². The molecule has 0 radical (unpaired) electrons. The molecule has 4 bridgehead atoms. The molecule has 57 heavy (non-hydrogen) atoms. The summed E-state index contributed by atoms with van der Waals surface area (Å²) < 4.78 is 41.1. The molecule has 3 N–H and O–H groups in total. The summed E-state index contributed by atoms with van der Waals surface area (Å²) in [5, 5.41) is 36.8. The minimum atomic E-state index is -1.41. The number of carbonyl (C=O) groups is 2. The molecule has 0 aromatic heterocycles. The van der Waals surface area contributed by atoms with Crippen molar-refractivity contribution in [1.82, 2.24) is 15.1 Å². The SMILES string of the molecule is COc1cc2c(cc1O)CCN[C@]21CS[C@@H]2c3c(OC(=O)OCCl)c(C)c4c(c3[C@H](COC1=O)N1C2[C@H]2c3c(cc(C)c(OC)c3O)C[C@@H]([C@@H]1C#N)N2C)OCO4. The highest BCUT2D eigenvalue weighted by atomic mass is 35.5. The van der Waals surface area contributed by atoms with Crippen LogP contribution in [-0.4, -0.2) is 103 Å². The van der Waals surface area contributed by atoms with Crippen molar-refractivity contribution in [2.75, 3.05) is 53.0 Å². The Balaban J connectivity index is 1.33. The molecule has 300 valence electrons. The minimum absolute atomic E-state index is 0.0121. The van der Waals surface area contributed by atoms with Gasteiger partial charge >= 0.3 is 12.1 Å². The van der Waals surface area contributed by atoms with Crippen LogP contribution in [0.1, 0.15) is 61.8 Å². The van der Waals surface area contributed by atoms with E-state index in [4.69, 9.17) is 44.8 Å². The quantitative estimate of drug-likeness (QED) is 0.186. The summed E-state index contributed by atoms with van der Waals surface area (Å²) in [5.41, 5.74) is 3.94. The maximum Gasteiger partial charge on any atom is 0.515 e. The Morgan fingerprint density at radius 3 is 2.61 bits per heavy atom. The van der Waals surface area contributed by atoms with E-state index in [0.29, 0.717) is 64.5 Å². The first-order valence-corrected chi connectivity index (χ1v) is 20.2. The zero-order chi connectivity index (χ0) is 40.1. The number of phenolic OH excluding ortho intramolecular Hbond substituents is 2. The van der Waals surface area contributed by atoms with Crippen LogP contribution in [0.4, 0.5) is 4.79 Å². The van der Waals surface area contributed by atoms with Crippen LogP contribution in [0.3, 0.4) is 0 Å². The number of hydrogen-bond donors (Lipinski definition) is 3.